The lowest BCUT2D eigenvalue weighted by Gasteiger charge is -2.12. The number of carbonyl (C=O) groups is 2. The SMILES string of the molecule is Cc1ccc(NC(=O)C(=O)Nc2ccc(Cl)c(C(F)(F)F)c2)c(O)c1. The smallest absolute Gasteiger partial charge is 0.417 e. The van der Waals surface area contributed by atoms with Crippen molar-refractivity contribution >= 4 is 34.8 Å². The number of nitrogens with one attached hydrogen (secondary N) is 2. The van der Waals surface area contributed by atoms with Crippen LogP contribution in [0.4, 0.5) is 24.5 Å². The Bertz CT molecular complexity index is 838. The average molecular weight is 373 g/mol. The Morgan fingerprint density at radius 1 is 1.04 bits per heavy atom. The number of carbonyl (C=O) groups excluding carboxylic acids is 2. The number of amides is 2. The molecule has 25 heavy (non-hydrogen) atoms. The standard InChI is InChI=1S/C16H12ClF3N2O3/c1-8-2-5-12(13(23)6-8)22-15(25)14(24)21-9-3-4-11(17)10(7-9)16(18,19)20/h2-7,23H,1H3,(H,21,24)(H,22,25). The van der Waals surface area contributed by atoms with Crippen molar-refractivity contribution in [1.29, 1.82) is 0 Å². The number of alkyl halides is 3. The average Bonchev–Trinajstić information content (AvgIpc) is 2.50. The molecule has 0 saturated carbocycles. The van der Waals surface area contributed by atoms with E-state index in [0.29, 0.717) is 6.07 Å². The minimum absolute atomic E-state index is 0.00200. The molecule has 0 heterocycles. The van der Waals surface area contributed by atoms with Crippen LogP contribution >= 0.6 is 11.6 Å². The van der Waals surface area contributed by atoms with Gasteiger partial charge in [0.05, 0.1) is 16.3 Å². The maximum absolute atomic E-state index is 12.8. The van der Waals surface area contributed by atoms with Crippen LogP contribution in [0.2, 0.25) is 5.02 Å². The lowest BCUT2D eigenvalue weighted by Crippen LogP contribution is -2.29. The summed E-state index contributed by atoms with van der Waals surface area (Å²) in [6.45, 7) is 1.72. The van der Waals surface area contributed by atoms with Crippen molar-refractivity contribution in [3.63, 3.8) is 0 Å². The fraction of sp³-hybridized carbons (Fsp3) is 0.125. The van der Waals surface area contributed by atoms with Crippen LogP contribution in [0.25, 0.3) is 0 Å². The summed E-state index contributed by atoms with van der Waals surface area (Å²) >= 11 is 5.48. The first-order valence-electron chi connectivity index (χ1n) is 6.86. The summed E-state index contributed by atoms with van der Waals surface area (Å²) in [5.74, 6) is -2.59. The molecule has 0 aromatic heterocycles. The van der Waals surface area contributed by atoms with Crippen LogP contribution in [-0.2, 0) is 15.8 Å². The van der Waals surface area contributed by atoms with Gasteiger partial charge in [-0.2, -0.15) is 13.2 Å². The predicted molar refractivity (Wildman–Crippen MR) is 86.6 cm³/mol. The van der Waals surface area contributed by atoms with Crippen molar-refractivity contribution in [2.45, 2.75) is 13.1 Å². The van der Waals surface area contributed by atoms with Crippen molar-refractivity contribution in [1.82, 2.24) is 0 Å². The van der Waals surface area contributed by atoms with Gasteiger partial charge in [-0.1, -0.05) is 17.7 Å². The van der Waals surface area contributed by atoms with Gasteiger partial charge in [-0.3, -0.25) is 9.59 Å². The second kappa shape index (κ2) is 7.02. The molecule has 0 aliphatic heterocycles. The molecule has 0 fully saturated rings. The lowest BCUT2D eigenvalue weighted by atomic mass is 10.2. The Balaban J connectivity index is 2.12. The van der Waals surface area contributed by atoms with Gasteiger partial charge in [0.25, 0.3) is 0 Å². The molecule has 0 aliphatic rings. The van der Waals surface area contributed by atoms with E-state index in [1.54, 1.807) is 13.0 Å². The molecule has 5 nitrogen and oxygen atoms in total. The Labute approximate surface area is 145 Å². The van der Waals surface area contributed by atoms with E-state index in [2.05, 4.69) is 5.32 Å². The summed E-state index contributed by atoms with van der Waals surface area (Å²) < 4.78 is 38.4. The van der Waals surface area contributed by atoms with Crippen LogP contribution in [0.5, 0.6) is 5.75 Å². The monoisotopic (exact) mass is 372 g/mol. The quantitative estimate of drug-likeness (QED) is 0.551. The molecular formula is C16H12ClF3N2O3. The summed E-state index contributed by atoms with van der Waals surface area (Å²) in [5, 5.41) is 13.4. The van der Waals surface area contributed by atoms with Crippen molar-refractivity contribution in [2.75, 3.05) is 10.6 Å². The zero-order valence-electron chi connectivity index (χ0n) is 12.7. The number of aromatic hydroxyl groups is 1. The summed E-state index contributed by atoms with van der Waals surface area (Å²) in [6.07, 6.45) is -4.70. The van der Waals surface area contributed by atoms with E-state index >= 15 is 0 Å². The molecule has 0 atom stereocenters. The van der Waals surface area contributed by atoms with Gasteiger partial charge in [-0.15, -0.1) is 0 Å². The second-order valence-corrected chi connectivity index (χ2v) is 5.53. The molecule has 132 valence electrons. The van der Waals surface area contributed by atoms with Crippen LogP contribution in [0, 0.1) is 6.92 Å². The van der Waals surface area contributed by atoms with Gasteiger partial charge in [-0.05, 0) is 42.8 Å². The van der Waals surface area contributed by atoms with Gasteiger partial charge >= 0.3 is 18.0 Å². The first-order valence-corrected chi connectivity index (χ1v) is 7.24. The molecule has 2 aromatic carbocycles. The fourth-order valence-electron chi connectivity index (χ4n) is 1.93. The predicted octanol–water partition coefficient (Wildman–Crippen LogP) is 3.95. The van der Waals surface area contributed by atoms with E-state index in [0.717, 1.165) is 17.7 Å². The molecule has 0 saturated heterocycles. The zero-order valence-corrected chi connectivity index (χ0v) is 13.5. The third kappa shape index (κ3) is 4.63. The number of anilines is 2. The molecule has 0 unspecified atom stereocenters. The Kier molecular flexibility index (Phi) is 5.22. The molecule has 3 N–H and O–H groups in total. The van der Waals surface area contributed by atoms with Gasteiger partial charge in [0, 0.05) is 5.69 Å². The number of halogens is 4. The van der Waals surface area contributed by atoms with E-state index < -0.39 is 28.6 Å². The van der Waals surface area contributed by atoms with E-state index in [1.165, 1.54) is 12.1 Å². The molecule has 0 bridgehead atoms. The molecule has 2 amide bonds. The highest BCUT2D eigenvalue weighted by Gasteiger charge is 2.33. The third-order valence-electron chi connectivity index (χ3n) is 3.14. The molecule has 2 aromatic rings. The van der Waals surface area contributed by atoms with Crippen LogP contribution < -0.4 is 10.6 Å². The highest BCUT2D eigenvalue weighted by Crippen LogP contribution is 2.36. The van der Waals surface area contributed by atoms with Crippen LogP contribution in [-0.4, -0.2) is 16.9 Å². The van der Waals surface area contributed by atoms with Gasteiger partial charge in [0.1, 0.15) is 5.75 Å². The van der Waals surface area contributed by atoms with Crippen molar-refractivity contribution in [2.24, 2.45) is 0 Å². The molecule has 9 heteroatoms. The van der Waals surface area contributed by atoms with E-state index in [4.69, 9.17) is 11.6 Å². The van der Waals surface area contributed by atoms with Gasteiger partial charge in [0.15, 0.2) is 0 Å². The molecule has 0 radical (unpaired) electrons. The summed E-state index contributed by atoms with van der Waals surface area (Å²) in [6, 6.07) is 7.08. The number of hydrogen-bond acceptors (Lipinski definition) is 3. The number of benzene rings is 2. The fourth-order valence-corrected chi connectivity index (χ4v) is 2.16. The van der Waals surface area contributed by atoms with Crippen LogP contribution in [0.15, 0.2) is 36.4 Å². The first kappa shape index (κ1) is 18.6. The normalized spacial score (nSPS) is 11.1. The third-order valence-corrected chi connectivity index (χ3v) is 3.47. The number of phenols is 1. The zero-order chi connectivity index (χ0) is 18.8. The van der Waals surface area contributed by atoms with Gasteiger partial charge in [-0.25, -0.2) is 0 Å². The number of hydrogen-bond donors (Lipinski definition) is 3. The first-order chi connectivity index (χ1) is 11.6. The largest absolute Gasteiger partial charge is 0.506 e. The molecule has 2 rings (SSSR count). The lowest BCUT2D eigenvalue weighted by molar-refractivity contribution is -0.137. The molecule has 0 aliphatic carbocycles. The molecular weight excluding hydrogens is 361 g/mol. The molecule has 0 spiro atoms. The Morgan fingerprint density at radius 3 is 2.28 bits per heavy atom. The topological polar surface area (TPSA) is 78.4 Å². The van der Waals surface area contributed by atoms with E-state index in [1.807, 2.05) is 5.32 Å². The van der Waals surface area contributed by atoms with E-state index in [-0.39, 0.29) is 17.1 Å². The number of phenolic OH excluding ortho intramolecular Hbond substituents is 1. The highest BCUT2D eigenvalue weighted by atomic mass is 35.5. The highest BCUT2D eigenvalue weighted by molar-refractivity contribution is 6.43. The maximum atomic E-state index is 12.8. The number of aryl methyl sites for hydroxylation is 1. The minimum atomic E-state index is -4.70. The van der Waals surface area contributed by atoms with Crippen molar-refractivity contribution in [3.8, 4) is 5.75 Å². The van der Waals surface area contributed by atoms with Gasteiger partial charge in [0.2, 0.25) is 0 Å². The summed E-state index contributed by atoms with van der Waals surface area (Å²) in [7, 11) is 0. The van der Waals surface area contributed by atoms with Crippen molar-refractivity contribution in [3.05, 3.63) is 52.5 Å². The van der Waals surface area contributed by atoms with Gasteiger partial charge < -0.3 is 15.7 Å². The second-order valence-electron chi connectivity index (χ2n) is 5.12. The summed E-state index contributed by atoms with van der Waals surface area (Å²) in [5.41, 5.74) is -0.646. The number of rotatable bonds is 2. The van der Waals surface area contributed by atoms with Crippen molar-refractivity contribution < 1.29 is 27.9 Å². The minimum Gasteiger partial charge on any atom is -0.506 e. The van der Waals surface area contributed by atoms with E-state index in [9.17, 15) is 27.9 Å². The Morgan fingerprint density at radius 2 is 1.68 bits per heavy atom. The summed E-state index contributed by atoms with van der Waals surface area (Å²) in [4.78, 5) is 23.6. The van der Waals surface area contributed by atoms with Crippen LogP contribution in [0.1, 0.15) is 11.1 Å². The van der Waals surface area contributed by atoms with Crippen LogP contribution in [0.3, 0.4) is 0 Å². The maximum Gasteiger partial charge on any atom is 0.417 e. The Hall–Kier alpha value is -2.74.